The summed E-state index contributed by atoms with van der Waals surface area (Å²) in [5, 5.41) is 9.04. The zero-order valence-corrected chi connectivity index (χ0v) is 13.9. The van der Waals surface area contributed by atoms with Crippen LogP contribution < -0.4 is 10.6 Å². The summed E-state index contributed by atoms with van der Waals surface area (Å²) in [6, 6.07) is 5.59. The van der Waals surface area contributed by atoms with Gasteiger partial charge in [-0.15, -0.1) is 10.2 Å². The first kappa shape index (κ1) is 16.5. The second-order valence-corrected chi connectivity index (χ2v) is 5.67. The van der Waals surface area contributed by atoms with Crippen molar-refractivity contribution in [2.45, 2.75) is 12.8 Å². The summed E-state index contributed by atoms with van der Waals surface area (Å²) in [4.78, 5) is 6.39. The first-order chi connectivity index (χ1) is 10.5. The Morgan fingerprint density at radius 1 is 1.32 bits per heavy atom. The molecule has 2 rings (SSSR count). The molecular formula is C15H21ClN6. The summed E-state index contributed by atoms with van der Waals surface area (Å²) < 4.78 is 1.85. The highest BCUT2D eigenvalue weighted by Gasteiger charge is 2.05. The van der Waals surface area contributed by atoms with E-state index in [4.69, 9.17) is 17.3 Å². The van der Waals surface area contributed by atoms with Gasteiger partial charge in [0.15, 0.2) is 0 Å². The van der Waals surface area contributed by atoms with Gasteiger partial charge in [0.25, 0.3) is 0 Å². The minimum absolute atomic E-state index is 0.569. The van der Waals surface area contributed by atoms with Crippen LogP contribution in [0.2, 0.25) is 5.02 Å². The molecule has 0 fully saturated rings. The molecule has 0 saturated heterocycles. The average molecular weight is 321 g/mol. The topological polar surface area (TPSA) is 71.8 Å². The number of aryl methyl sites for hydroxylation is 2. The van der Waals surface area contributed by atoms with Crippen LogP contribution in [0.25, 0.3) is 0 Å². The lowest BCUT2D eigenvalue weighted by atomic mass is 10.2. The number of nitrogens with two attached hydrogens (primary N) is 1. The van der Waals surface area contributed by atoms with Crippen molar-refractivity contribution in [3.05, 3.63) is 35.1 Å². The number of azo groups is 1. The van der Waals surface area contributed by atoms with E-state index in [2.05, 4.69) is 15.2 Å². The third-order valence-electron chi connectivity index (χ3n) is 3.21. The summed E-state index contributed by atoms with van der Waals surface area (Å²) in [6.07, 6.45) is 3.71. The Hall–Kier alpha value is -1.92. The van der Waals surface area contributed by atoms with Crippen molar-refractivity contribution in [2.75, 3.05) is 25.5 Å². The molecule has 0 saturated carbocycles. The quantitative estimate of drug-likeness (QED) is 0.829. The van der Waals surface area contributed by atoms with Crippen LogP contribution in [-0.2, 0) is 13.5 Å². The van der Waals surface area contributed by atoms with Gasteiger partial charge in [0.05, 0.1) is 22.1 Å². The maximum Gasteiger partial charge on any atom is 0.249 e. The molecule has 22 heavy (non-hydrogen) atoms. The summed E-state index contributed by atoms with van der Waals surface area (Å²) >= 11 is 6.22. The van der Waals surface area contributed by atoms with Gasteiger partial charge >= 0.3 is 0 Å². The van der Waals surface area contributed by atoms with Crippen LogP contribution in [0.3, 0.4) is 0 Å². The van der Waals surface area contributed by atoms with Crippen molar-refractivity contribution in [2.24, 2.45) is 23.0 Å². The van der Waals surface area contributed by atoms with Crippen molar-refractivity contribution < 1.29 is 0 Å². The van der Waals surface area contributed by atoms with E-state index in [0.29, 0.717) is 23.2 Å². The predicted octanol–water partition coefficient (Wildman–Crippen LogP) is 3.45. The standard InChI is InChI=1S/C15H21ClN6/c1-21(2)14-7-6-11(9-13(14)16)19-20-15-18-12(5-4-8-17)10-22(15)3/h6-7,9-10H,4-5,8,17H2,1-3H3. The highest BCUT2D eigenvalue weighted by Crippen LogP contribution is 2.29. The molecule has 1 aromatic carbocycles. The van der Waals surface area contributed by atoms with Gasteiger partial charge in [0, 0.05) is 27.3 Å². The van der Waals surface area contributed by atoms with Crippen molar-refractivity contribution in [3.8, 4) is 0 Å². The fourth-order valence-corrected chi connectivity index (χ4v) is 2.38. The second kappa shape index (κ2) is 7.38. The summed E-state index contributed by atoms with van der Waals surface area (Å²) in [6.45, 7) is 0.657. The van der Waals surface area contributed by atoms with E-state index in [0.717, 1.165) is 24.2 Å². The van der Waals surface area contributed by atoms with Crippen molar-refractivity contribution in [3.63, 3.8) is 0 Å². The van der Waals surface area contributed by atoms with Gasteiger partial charge in [-0.2, -0.15) is 0 Å². The molecule has 1 aromatic heterocycles. The molecule has 0 aliphatic carbocycles. The van der Waals surface area contributed by atoms with Gasteiger partial charge in [-0.05, 0) is 37.6 Å². The van der Waals surface area contributed by atoms with E-state index >= 15 is 0 Å². The molecule has 0 radical (unpaired) electrons. The lowest BCUT2D eigenvalue weighted by Gasteiger charge is -2.13. The number of benzene rings is 1. The molecular weight excluding hydrogens is 300 g/mol. The van der Waals surface area contributed by atoms with Crippen LogP contribution in [0, 0.1) is 0 Å². The van der Waals surface area contributed by atoms with E-state index in [-0.39, 0.29) is 0 Å². The molecule has 0 aliphatic heterocycles. The Balaban J connectivity index is 2.14. The molecule has 2 N–H and O–H groups in total. The third kappa shape index (κ3) is 4.05. The Labute approximate surface area is 135 Å². The van der Waals surface area contributed by atoms with Crippen LogP contribution in [0.4, 0.5) is 17.3 Å². The van der Waals surface area contributed by atoms with Gasteiger partial charge in [-0.25, -0.2) is 4.98 Å². The Kier molecular flexibility index (Phi) is 5.51. The van der Waals surface area contributed by atoms with E-state index < -0.39 is 0 Å². The minimum atomic E-state index is 0.569. The number of imidazole rings is 1. The van der Waals surface area contributed by atoms with Gasteiger partial charge in [-0.1, -0.05) is 11.6 Å². The van der Waals surface area contributed by atoms with Crippen LogP contribution in [0.1, 0.15) is 12.1 Å². The van der Waals surface area contributed by atoms with Gasteiger partial charge in [-0.3, -0.25) is 0 Å². The van der Waals surface area contributed by atoms with Gasteiger partial charge in [0.2, 0.25) is 5.95 Å². The van der Waals surface area contributed by atoms with E-state index in [1.54, 1.807) is 6.07 Å². The second-order valence-electron chi connectivity index (χ2n) is 5.27. The molecule has 7 heteroatoms. The van der Waals surface area contributed by atoms with Gasteiger partial charge < -0.3 is 15.2 Å². The Morgan fingerprint density at radius 2 is 2.09 bits per heavy atom. The fraction of sp³-hybridized carbons (Fsp3) is 0.400. The number of nitrogens with zero attached hydrogens (tertiary/aromatic N) is 5. The molecule has 1 heterocycles. The van der Waals surface area contributed by atoms with E-state index in [9.17, 15) is 0 Å². The van der Waals surface area contributed by atoms with Gasteiger partial charge in [0.1, 0.15) is 0 Å². The van der Waals surface area contributed by atoms with Crippen LogP contribution >= 0.6 is 11.6 Å². The first-order valence-corrected chi connectivity index (χ1v) is 7.50. The van der Waals surface area contributed by atoms with E-state index in [1.165, 1.54) is 0 Å². The average Bonchev–Trinajstić information content (AvgIpc) is 2.83. The zero-order valence-electron chi connectivity index (χ0n) is 13.1. The minimum Gasteiger partial charge on any atom is -0.376 e. The molecule has 118 valence electrons. The third-order valence-corrected chi connectivity index (χ3v) is 3.51. The van der Waals surface area contributed by atoms with Crippen LogP contribution in [-0.4, -0.2) is 30.2 Å². The Bertz CT molecular complexity index is 662. The number of hydrogen-bond acceptors (Lipinski definition) is 5. The number of aromatic nitrogens is 2. The molecule has 0 atom stereocenters. The molecule has 2 aromatic rings. The lowest BCUT2D eigenvalue weighted by molar-refractivity contribution is 0.814. The van der Waals surface area contributed by atoms with Crippen molar-refractivity contribution >= 4 is 28.9 Å². The highest BCUT2D eigenvalue weighted by molar-refractivity contribution is 6.33. The monoisotopic (exact) mass is 320 g/mol. The lowest BCUT2D eigenvalue weighted by Crippen LogP contribution is -2.08. The van der Waals surface area contributed by atoms with Crippen LogP contribution in [0.5, 0.6) is 0 Å². The van der Waals surface area contributed by atoms with Crippen molar-refractivity contribution in [1.29, 1.82) is 0 Å². The first-order valence-electron chi connectivity index (χ1n) is 7.12. The highest BCUT2D eigenvalue weighted by atomic mass is 35.5. The smallest absolute Gasteiger partial charge is 0.249 e. The Morgan fingerprint density at radius 3 is 2.73 bits per heavy atom. The van der Waals surface area contributed by atoms with E-state index in [1.807, 2.05) is 48.9 Å². The van der Waals surface area contributed by atoms with Crippen LogP contribution in [0.15, 0.2) is 34.6 Å². The van der Waals surface area contributed by atoms with Crippen molar-refractivity contribution in [1.82, 2.24) is 9.55 Å². The summed E-state index contributed by atoms with van der Waals surface area (Å²) in [5.41, 5.74) is 8.13. The number of rotatable bonds is 6. The summed E-state index contributed by atoms with van der Waals surface area (Å²) in [5.74, 6) is 0.569. The number of halogens is 1. The zero-order chi connectivity index (χ0) is 16.1. The summed E-state index contributed by atoms with van der Waals surface area (Å²) in [7, 11) is 5.79. The normalized spacial score (nSPS) is 11.3. The molecule has 0 spiro atoms. The fourth-order valence-electron chi connectivity index (χ4n) is 2.04. The molecule has 0 unspecified atom stereocenters. The maximum atomic E-state index is 6.22. The molecule has 6 nitrogen and oxygen atoms in total. The predicted molar refractivity (Wildman–Crippen MR) is 90.5 cm³/mol. The molecule has 0 bridgehead atoms. The SMILES string of the molecule is CN(C)c1ccc(N=Nc2nc(CCCN)cn2C)cc1Cl. The molecule has 0 amide bonds. The molecule has 0 aliphatic rings. The largest absolute Gasteiger partial charge is 0.376 e. The maximum absolute atomic E-state index is 6.22. The number of hydrogen-bond donors (Lipinski definition) is 1. The number of anilines is 1.